The van der Waals surface area contributed by atoms with Gasteiger partial charge in [-0.2, -0.15) is 0 Å². The van der Waals surface area contributed by atoms with Crippen molar-refractivity contribution in [1.82, 2.24) is 15.1 Å². The number of amides is 1. The monoisotopic (exact) mass is 252 g/mol. The molecule has 0 saturated heterocycles. The van der Waals surface area contributed by atoms with Crippen molar-refractivity contribution in [2.75, 3.05) is 12.4 Å². The first-order chi connectivity index (χ1) is 6.95. The summed E-state index contributed by atoms with van der Waals surface area (Å²) in [5.41, 5.74) is 0. The molecular formula is C5H8N4O4S2. The van der Waals surface area contributed by atoms with Gasteiger partial charge in [0.25, 0.3) is 14.4 Å². The Kier molecular flexibility index (Phi) is 3.68. The van der Waals surface area contributed by atoms with E-state index in [2.05, 4.69) is 20.4 Å². The van der Waals surface area contributed by atoms with E-state index >= 15 is 0 Å². The van der Waals surface area contributed by atoms with E-state index in [0.717, 1.165) is 18.4 Å². The standard InChI is InChI=1S/C5H8N4O4S2/c1-3(10)6-4-7-8-5(14-4)15(11,12)9-13-2/h9H,1-2H3,(H,6,7,10). The van der Waals surface area contributed by atoms with Gasteiger partial charge in [0.2, 0.25) is 11.0 Å². The Morgan fingerprint density at radius 3 is 2.67 bits per heavy atom. The van der Waals surface area contributed by atoms with Crippen molar-refractivity contribution >= 4 is 32.4 Å². The molecule has 10 heteroatoms. The van der Waals surface area contributed by atoms with E-state index in [-0.39, 0.29) is 15.4 Å². The lowest BCUT2D eigenvalue weighted by molar-refractivity contribution is -0.114. The highest BCUT2D eigenvalue weighted by molar-refractivity contribution is 7.91. The fourth-order valence-corrected chi connectivity index (χ4v) is 2.40. The van der Waals surface area contributed by atoms with Gasteiger partial charge in [0.15, 0.2) is 0 Å². The molecule has 0 aliphatic carbocycles. The topological polar surface area (TPSA) is 110 Å². The molecule has 0 atom stereocenters. The molecule has 0 unspecified atom stereocenters. The van der Waals surface area contributed by atoms with Gasteiger partial charge in [-0.05, 0) is 0 Å². The Labute approximate surface area is 89.7 Å². The molecule has 84 valence electrons. The van der Waals surface area contributed by atoms with Crippen LogP contribution in [0.5, 0.6) is 0 Å². The minimum absolute atomic E-state index is 0.110. The van der Waals surface area contributed by atoms with Gasteiger partial charge in [-0.15, -0.1) is 10.2 Å². The summed E-state index contributed by atoms with van der Waals surface area (Å²) in [7, 11) is -2.64. The van der Waals surface area contributed by atoms with Crippen LogP contribution in [-0.2, 0) is 19.7 Å². The molecule has 1 heterocycles. The van der Waals surface area contributed by atoms with E-state index in [1.165, 1.54) is 6.92 Å². The van der Waals surface area contributed by atoms with Gasteiger partial charge in [-0.1, -0.05) is 16.2 Å². The summed E-state index contributed by atoms with van der Waals surface area (Å²) >= 11 is 0.723. The minimum atomic E-state index is -3.80. The number of hydrogen-bond donors (Lipinski definition) is 2. The van der Waals surface area contributed by atoms with Crippen molar-refractivity contribution in [2.24, 2.45) is 0 Å². The number of aromatic nitrogens is 2. The molecule has 0 bridgehead atoms. The maximum absolute atomic E-state index is 11.3. The number of carbonyl (C=O) groups is 1. The third-order valence-electron chi connectivity index (χ3n) is 1.11. The molecule has 0 radical (unpaired) electrons. The third kappa shape index (κ3) is 3.20. The molecule has 8 nitrogen and oxygen atoms in total. The molecule has 0 saturated carbocycles. The van der Waals surface area contributed by atoms with E-state index < -0.39 is 10.0 Å². The molecule has 0 fully saturated rings. The number of sulfonamides is 1. The highest BCUT2D eigenvalue weighted by Crippen LogP contribution is 2.19. The molecule has 0 aliphatic heterocycles. The maximum atomic E-state index is 11.3. The zero-order valence-corrected chi connectivity index (χ0v) is 9.48. The summed E-state index contributed by atoms with van der Waals surface area (Å²) < 4.78 is 22.3. The van der Waals surface area contributed by atoms with E-state index in [0.29, 0.717) is 0 Å². The normalized spacial score (nSPS) is 11.3. The number of rotatable bonds is 4. The van der Waals surface area contributed by atoms with Gasteiger partial charge in [0.1, 0.15) is 0 Å². The van der Waals surface area contributed by atoms with Gasteiger partial charge in [-0.3, -0.25) is 9.63 Å². The molecule has 1 amide bonds. The maximum Gasteiger partial charge on any atom is 0.291 e. The second-order valence-electron chi connectivity index (χ2n) is 2.35. The van der Waals surface area contributed by atoms with Gasteiger partial charge >= 0.3 is 0 Å². The summed E-state index contributed by atoms with van der Waals surface area (Å²) in [5, 5.41) is 9.27. The molecule has 0 spiro atoms. The van der Waals surface area contributed by atoms with Crippen molar-refractivity contribution in [3.05, 3.63) is 0 Å². The summed E-state index contributed by atoms with van der Waals surface area (Å²) in [4.78, 5) is 16.7. The van der Waals surface area contributed by atoms with Crippen molar-refractivity contribution in [2.45, 2.75) is 11.3 Å². The number of nitrogens with one attached hydrogen (secondary N) is 2. The fourth-order valence-electron chi connectivity index (χ4n) is 0.665. The van der Waals surface area contributed by atoms with Crippen molar-refractivity contribution in [1.29, 1.82) is 0 Å². The molecule has 1 rings (SSSR count). The van der Waals surface area contributed by atoms with Crippen molar-refractivity contribution in [3.8, 4) is 0 Å². The second-order valence-corrected chi connectivity index (χ2v) is 5.14. The zero-order chi connectivity index (χ0) is 11.5. The molecule has 1 aromatic heterocycles. The summed E-state index contributed by atoms with van der Waals surface area (Å²) in [6, 6.07) is 0. The number of carbonyl (C=O) groups excluding carboxylic acids is 1. The number of hydrogen-bond acceptors (Lipinski definition) is 7. The fraction of sp³-hybridized carbons (Fsp3) is 0.400. The van der Waals surface area contributed by atoms with E-state index in [9.17, 15) is 13.2 Å². The van der Waals surface area contributed by atoms with Crippen LogP contribution in [0, 0.1) is 0 Å². The minimum Gasteiger partial charge on any atom is -0.301 e. The van der Waals surface area contributed by atoms with Crippen LogP contribution in [0.4, 0.5) is 5.13 Å². The Hall–Kier alpha value is -1.10. The van der Waals surface area contributed by atoms with E-state index in [1.807, 2.05) is 0 Å². The first kappa shape index (κ1) is 12.0. The largest absolute Gasteiger partial charge is 0.301 e. The molecule has 1 aromatic rings. The van der Waals surface area contributed by atoms with Crippen LogP contribution in [-0.4, -0.2) is 31.6 Å². The Morgan fingerprint density at radius 2 is 2.13 bits per heavy atom. The first-order valence-corrected chi connectivity index (χ1v) is 5.91. The highest BCUT2D eigenvalue weighted by atomic mass is 32.2. The number of nitrogens with zero attached hydrogens (tertiary/aromatic N) is 2. The second kappa shape index (κ2) is 4.61. The highest BCUT2D eigenvalue weighted by Gasteiger charge is 2.20. The average molecular weight is 252 g/mol. The lowest BCUT2D eigenvalue weighted by Crippen LogP contribution is -2.22. The van der Waals surface area contributed by atoms with Gasteiger partial charge < -0.3 is 5.32 Å². The van der Waals surface area contributed by atoms with Gasteiger partial charge in [0.05, 0.1) is 7.11 Å². The molecule has 0 aliphatic rings. The van der Waals surface area contributed by atoms with Crippen LogP contribution in [0.1, 0.15) is 6.92 Å². The predicted octanol–water partition coefficient (Wildman–Crippen LogP) is -0.664. The van der Waals surface area contributed by atoms with Gasteiger partial charge in [0, 0.05) is 6.92 Å². The Morgan fingerprint density at radius 1 is 1.47 bits per heavy atom. The quantitative estimate of drug-likeness (QED) is 0.543. The summed E-state index contributed by atoms with van der Waals surface area (Å²) in [6.07, 6.45) is 0. The molecule has 15 heavy (non-hydrogen) atoms. The molecule has 2 N–H and O–H groups in total. The van der Waals surface area contributed by atoms with Crippen LogP contribution in [0.25, 0.3) is 0 Å². The smallest absolute Gasteiger partial charge is 0.291 e. The predicted molar refractivity (Wildman–Crippen MR) is 51.5 cm³/mol. The first-order valence-electron chi connectivity index (χ1n) is 3.61. The average Bonchev–Trinajstić information content (AvgIpc) is 2.51. The van der Waals surface area contributed by atoms with E-state index in [4.69, 9.17) is 0 Å². The SMILES string of the molecule is CONS(=O)(=O)c1nnc(NC(C)=O)s1. The van der Waals surface area contributed by atoms with Crippen LogP contribution < -0.4 is 10.2 Å². The van der Waals surface area contributed by atoms with Gasteiger partial charge in [-0.25, -0.2) is 8.42 Å². The van der Waals surface area contributed by atoms with E-state index in [1.54, 1.807) is 4.89 Å². The third-order valence-corrected chi connectivity index (χ3v) is 3.58. The summed E-state index contributed by atoms with van der Waals surface area (Å²) in [6.45, 7) is 1.28. The Balaban J connectivity index is 2.89. The van der Waals surface area contributed by atoms with Crippen molar-refractivity contribution < 1.29 is 18.0 Å². The summed E-state index contributed by atoms with van der Waals surface area (Å²) in [5.74, 6) is -0.352. The number of anilines is 1. The lowest BCUT2D eigenvalue weighted by Gasteiger charge is -1.97. The molecular weight excluding hydrogens is 244 g/mol. The zero-order valence-electron chi connectivity index (χ0n) is 7.84. The van der Waals surface area contributed by atoms with Crippen LogP contribution in [0.3, 0.4) is 0 Å². The van der Waals surface area contributed by atoms with Crippen LogP contribution in [0.2, 0.25) is 0 Å². The lowest BCUT2D eigenvalue weighted by atomic mass is 10.7. The van der Waals surface area contributed by atoms with Crippen LogP contribution in [0.15, 0.2) is 4.34 Å². The van der Waals surface area contributed by atoms with Crippen LogP contribution >= 0.6 is 11.3 Å². The molecule has 0 aromatic carbocycles. The van der Waals surface area contributed by atoms with Crippen molar-refractivity contribution in [3.63, 3.8) is 0 Å². The Bertz CT molecular complexity index is 453.